The van der Waals surface area contributed by atoms with E-state index < -0.39 is 0 Å². The fourth-order valence-corrected chi connectivity index (χ4v) is 3.48. The summed E-state index contributed by atoms with van der Waals surface area (Å²) < 4.78 is 2.07. The van der Waals surface area contributed by atoms with E-state index >= 15 is 0 Å². The van der Waals surface area contributed by atoms with E-state index in [2.05, 4.69) is 28.8 Å². The summed E-state index contributed by atoms with van der Waals surface area (Å²) in [6.45, 7) is 4.48. The predicted octanol–water partition coefficient (Wildman–Crippen LogP) is 2.93. The van der Waals surface area contributed by atoms with Crippen molar-refractivity contribution < 1.29 is 4.79 Å². The number of nitrogens with two attached hydrogens (primary N) is 1. The van der Waals surface area contributed by atoms with Crippen molar-refractivity contribution in [3.05, 3.63) is 59.9 Å². The van der Waals surface area contributed by atoms with Gasteiger partial charge in [-0.3, -0.25) is 4.79 Å². The van der Waals surface area contributed by atoms with Crippen LogP contribution in [0.1, 0.15) is 35.8 Å². The summed E-state index contributed by atoms with van der Waals surface area (Å²) in [6.07, 6.45) is 5.10. The fourth-order valence-electron chi connectivity index (χ4n) is 3.48. The third kappa shape index (κ3) is 3.88. The SMILES string of the molecule is C[C@H](N)[C@H]1CCCN(C(=O)c2cccn2CCc2ccccc2)C1. The van der Waals surface area contributed by atoms with Crippen LogP contribution in [0.2, 0.25) is 0 Å². The number of aryl methyl sites for hydroxylation is 2. The Morgan fingerprint density at radius 3 is 2.79 bits per heavy atom. The topological polar surface area (TPSA) is 51.3 Å². The first-order valence-corrected chi connectivity index (χ1v) is 8.89. The third-order valence-corrected chi connectivity index (χ3v) is 5.02. The zero-order chi connectivity index (χ0) is 16.9. The Bertz CT molecular complexity index is 663. The van der Waals surface area contributed by atoms with E-state index in [9.17, 15) is 4.79 Å². The number of rotatable bonds is 5. The Kier molecular flexibility index (Phi) is 5.36. The summed E-state index contributed by atoms with van der Waals surface area (Å²) >= 11 is 0. The number of aromatic nitrogens is 1. The zero-order valence-electron chi connectivity index (χ0n) is 14.4. The number of nitrogens with zero attached hydrogens (tertiary/aromatic N) is 2. The van der Waals surface area contributed by atoms with Crippen LogP contribution >= 0.6 is 0 Å². The molecule has 1 aliphatic heterocycles. The van der Waals surface area contributed by atoms with E-state index in [1.54, 1.807) is 0 Å². The number of likely N-dealkylation sites (tertiary alicyclic amines) is 1. The van der Waals surface area contributed by atoms with E-state index in [0.29, 0.717) is 5.92 Å². The Morgan fingerprint density at radius 2 is 2.04 bits per heavy atom. The molecule has 3 rings (SSSR count). The minimum absolute atomic E-state index is 0.137. The minimum Gasteiger partial charge on any atom is -0.343 e. The summed E-state index contributed by atoms with van der Waals surface area (Å²) in [5.41, 5.74) is 8.13. The van der Waals surface area contributed by atoms with Gasteiger partial charge >= 0.3 is 0 Å². The molecule has 1 fully saturated rings. The predicted molar refractivity (Wildman–Crippen MR) is 96.9 cm³/mol. The number of carbonyl (C=O) groups excluding carboxylic acids is 1. The van der Waals surface area contributed by atoms with Gasteiger partial charge in [-0.1, -0.05) is 30.3 Å². The van der Waals surface area contributed by atoms with Crippen LogP contribution in [-0.4, -0.2) is 34.5 Å². The van der Waals surface area contributed by atoms with Crippen molar-refractivity contribution >= 4 is 5.91 Å². The number of amides is 1. The van der Waals surface area contributed by atoms with Crippen molar-refractivity contribution in [1.82, 2.24) is 9.47 Å². The molecule has 0 bridgehead atoms. The van der Waals surface area contributed by atoms with E-state index in [4.69, 9.17) is 5.73 Å². The maximum Gasteiger partial charge on any atom is 0.270 e. The summed E-state index contributed by atoms with van der Waals surface area (Å²) in [6, 6.07) is 14.4. The second-order valence-corrected chi connectivity index (χ2v) is 6.84. The van der Waals surface area contributed by atoms with Crippen LogP contribution in [0.25, 0.3) is 0 Å². The van der Waals surface area contributed by atoms with Gasteiger partial charge in [-0.2, -0.15) is 0 Å². The van der Waals surface area contributed by atoms with E-state index in [-0.39, 0.29) is 11.9 Å². The van der Waals surface area contributed by atoms with E-state index in [0.717, 1.165) is 44.6 Å². The third-order valence-electron chi connectivity index (χ3n) is 5.02. The number of carbonyl (C=O) groups is 1. The van der Waals surface area contributed by atoms with Crippen LogP contribution in [0.4, 0.5) is 0 Å². The van der Waals surface area contributed by atoms with Crippen LogP contribution in [0.5, 0.6) is 0 Å². The molecule has 0 aliphatic carbocycles. The van der Waals surface area contributed by atoms with Crippen molar-refractivity contribution in [2.75, 3.05) is 13.1 Å². The lowest BCUT2D eigenvalue weighted by atomic mass is 9.92. The second-order valence-electron chi connectivity index (χ2n) is 6.84. The van der Waals surface area contributed by atoms with Crippen molar-refractivity contribution in [3.63, 3.8) is 0 Å². The highest BCUT2D eigenvalue weighted by molar-refractivity contribution is 5.92. The van der Waals surface area contributed by atoms with Gasteiger partial charge in [0.05, 0.1) is 0 Å². The molecule has 2 atom stereocenters. The van der Waals surface area contributed by atoms with Gasteiger partial charge in [0, 0.05) is 31.9 Å². The highest BCUT2D eigenvalue weighted by Gasteiger charge is 2.27. The Hall–Kier alpha value is -2.07. The molecule has 2 aromatic rings. The van der Waals surface area contributed by atoms with Crippen molar-refractivity contribution in [2.45, 2.75) is 38.8 Å². The molecule has 128 valence electrons. The first-order valence-electron chi connectivity index (χ1n) is 8.89. The molecular formula is C20H27N3O. The van der Waals surface area contributed by atoms with Gasteiger partial charge in [0.15, 0.2) is 0 Å². The molecule has 2 heterocycles. The number of hydrogen-bond donors (Lipinski definition) is 1. The maximum atomic E-state index is 12.9. The molecule has 1 amide bonds. The fraction of sp³-hybridized carbons (Fsp3) is 0.450. The smallest absolute Gasteiger partial charge is 0.270 e. The molecule has 1 aromatic carbocycles. The molecule has 0 unspecified atom stereocenters. The summed E-state index contributed by atoms with van der Waals surface area (Å²) in [7, 11) is 0. The largest absolute Gasteiger partial charge is 0.343 e. The molecule has 4 heteroatoms. The highest BCUT2D eigenvalue weighted by atomic mass is 16.2. The van der Waals surface area contributed by atoms with Crippen LogP contribution in [0, 0.1) is 5.92 Å². The van der Waals surface area contributed by atoms with Crippen molar-refractivity contribution in [1.29, 1.82) is 0 Å². The quantitative estimate of drug-likeness (QED) is 0.919. The van der Waals surface area contributed by atoms with Crippen molar-refractivity contribution in [2.24, 2.45) is 11.7 Å². The number of benzene rings is 1. The lowest BCUT2D eigenvalue weighted by molar-refractivity contribution is 0.0650. The first-order chi connectivity index (χ1) is 11.6. The van der Waals surface area contributed by atoms with Crippen LogP contribution in [0.3, 0.4) is 0 Å². The number of piperidine rings is 1. The summed E-state index contributed by atoms with van der Waals surface area (Å²) in [5, 5.41) is 0. The molecule has 24 heavy (non-hydrogen) atoms. The van der Waals surface area contributed by atoms with Gasteiger partial charge in [0.2, 0.25) is 0 Å². The van der Waals surface area contributed by atoms with Crippen molar-refractivity contribution in [3.8, 4) is 0 Å². The Morgan fingerprint density at radius 1 is 1.25 bits per heavy atom. The summed E-state index contributed by atoms with van der Waals surface area (Å²) in [5.74, 6) is 0.550. The van der Waals surface area contributed by atoms with Gasteiger partial charge in [-0.15, -0.1) is 0 Å². The van der Waals surface area contributed by atoms with E-state index in [1.807, 2.05) is 36.2 Å². The second kappa shape index (κ2) is 7.67. The molecule has 4 nitrogen and oxygen atoms in total. The average Bonchev–Trinajstić information content (AvgIpc) is 3.09. The van der Waals surface area contributed by atoms with Crippen LogP contribution < -0.4 is 5.73 Å². The highest BCUT2D eigenvalue weighted by Crippen LogP contribution is 2.21. The normalized spacial score (nSPS) is 19.2. The van der Waals surface area contributed by atoms with Gasteiger partial charge in [-0.05, 0) is 49.8 Å². The molecule has 0 radical (unpaired) electrons. The Balaban J connectivity index is 1.66. The maximum absolute atomic E-state index is 12.9. The van der Waals surface area contributed by atoms with E-state index in [1.165, 1.54) is 5.56 Å². The lowest BCUT2D eigenvalue weighted by Gasteiger charge is -2.34. The lowest BCUT2D eigenvalue weighted by Crippen LogP contribution is -2.45. The van der Waals surface area contributed by atoms with Gasteiger partial charge in [0.1, 0.15) is 5.69 Å². The zero-order valence-corrected chi connectivity index (χ0v) is 14.4. The molecule has 1 aliphatic rings. The monoisotopic (exact) mass is 325 g/mol. The van der Waals surface area contributed by atoms with Crippen LogP contribution in [-0.2, 0) is 13.0 Å². The Labute approximate surface area is 144 Å². The molecular weight excluding hydrogens is 298 g/mol. The first kappa shape index (κ1) is 16.8. The molecule has 0 spiro atoms. The van der Waals surface area contributed by atoms with Gasteiger partial charge in [-0.25, -0.2) is 0 Å². The van der Waals surface area contributed by atoms with Gasteiger partial charge in [0.25, 0.3) is 5.91 Å². The summed E-state index contributed by atoms with van der Waals surface area (Å²) in [4.78, 5) is 14.9. The standard InChI is InChI=1S/C20H27N3O/c1-16(21)18-9-5-13-23(15-18)20(24)19-10-6-12-22(19)14-11-17-7-3-2-4-8-17/h2-4,6-8,10,12,16,18H,5,9,11,13-15,21H2,1H3/t16-,18-/m0/s1. The number of hydrogen-bond acceptors (Lipinski definition) is 2. The van der Waals surface area contributed by atoms with Gasteiger partial charge < -0.3 is 15.2 Å². The molecule has 0 saturated carbocycles. The molecule has 1 saturated heterocycles. The molecule has 2 N–H and O–H groups in total. The average molecular weight is 325 g/mol. The molecule has 1 aromatic heterocycles. The van der Waals surface area contributed by atoms with Crippen LogP contribution in [0.15, 0.2) is 48.7 Å². The minimum atomic E-state index is 0.137.